The molecule has 0 spiro atoms. The third-order valence-corrected chi connectivity index (χ3v) is 4.08. The molecular formula is C6H5NS3. The molecule has 0 unspecified atom stereocenters. The van der Waals surface area contributed by atoms with E-state index in [0.29, 0.717) is 0 Å². The van der Waals surface area contributed by atoms with E-state index >= 15 is 0 Å². The Kier molecular flexibility index (Phi) is 1.75. The second-order valence-electron chi connectivity index (χ2n) is 1.77. The molecule has 0 bridgehead atoms. The predicted octanol–water partition coefficient (Wildman–Crippen LogP) is 3.48. The van der Waals surface area contributed by atoms with Crippen LogP contribution in [-0.2, 0) is 0 Å². The fourth-order valence-corrected chi connectivity index (χ4v) is 3.45. The number of hydrogen-bond acceptors (Lipinski definition) is 3. The van der Waals surface area contributed by atoms with Crippen LogP contribution in [-0.4, -0.2) is 4.37 Å². The minimum absolute atomic E-state index is 1.35. The van der Waals surface area contributed by atoms with Crippen LogP contribution in [0.25, 0.3) is 9.40 Å². The van der Waals surface area contributed by atoms with Crippen LogP contribution in [0.3, 0.4) is 0 Å². The molecular weight excluding hydrogens is 182 g/mol. The highest BCUT2D eigenvalue weighted by molar-refractivity contribution is 7.69. The van der Waals surface area contributed by atoms with Gasteiger partial charge in [0.15, 0.2) is 0 Å². The van der Waals surface area contributed by atoms with Gasteiger partial charge in [-0.05, 0) is 28.0 Å². The van der Waals surface area contributed by atoms with E-state index in [1.54, 1.807) is 32.2 Å². The van der Waals surface area contributed by atoms with Crippen molar-refractivity contribution in [3.05, 3.63) is 23.7 Å². The number of nitrogens with one attached hydrogen (secondary N) is 1. The quantitative estimate of drug-likeness (QED) is 0.608. The fraction of sp³-hybridized carbons (Fsp3) is 0. The summed E-state index contributed by atoms with van der Waals surface area (Å²) in [5, 5.41) is 2.12. The summed E-state index contributed by atoms with van der Waals surface area (Å²) in [6, 6.07) is 4.25. The summed E-state index contributed by atoms with van der Waals surface area (Å²) in [5.74, 6) is 0. The Morgan fingerprint density at radius 2 is 2.20 bits per heavy atom. The van der Waals surface area contributed by atoms with Gasteiger partial charge in [0, 0.05) is 10.9 Å². The molecule has 2 heterocycles. The average molecular weight is 187 g/mol. The molecule has 0 amide bonds. The van der Waals surface area contributed by atoms with Crippen molar-refractivity contribution in [2.24, 2.45) is 0 Å². The zero-order chi connectivity index (χ0) is 6.81. The van der Waals surface area contributed by atoms with Gasteiger partial charge < -0.3 is 4.37 Å². The van der Waals surface area contributed by atoms with Crippen molar-refractivity contribution in [1.82, 2.24) is 4.37 Å². The first-order valence-electron chi connectivity index (χ1n) is 2.80. The van der Waals surface area contributed by atoms with Crippen molar-refractivity contribution in [3.63, 3.8) is 0 Å². The third-order valence-electron chi connectivity index (χ3n) is 1.14. The first-order valence-corrected chi connectivity index (χ1v) is 5.83. The Hall–Kier alpha value is -0.320. The van der Waals surface area contributed by atoms with Gasteiger partial charge in [0.1, 0.15) is 0 Å². The summed E-state index contributed by atoms with van der Waals surface area (Å²) < 4.78 is 5.79. The Bertz CT molecular complexity index is 318. The summed E-state index contributed by atoms with van der Waals surface area (Å²) in [6.45, 7) is 0. The molecule has 52 valence electrons. The van der Waals surface area contributed by atoms with Crippen LogP contribution in [0.5, 0.6) is 0 Å². The molecule has 0 aliphatic carbocycles. The van der Waals surface area contributed by atoms with E-state index in [1.807, 2.05) is 6.20 Å². The molecule has 0 aliphatic rings. The van der Waals surface area contributed by atoms with Crippen molar-refractivity contribution in [2.75, 3.05) is 0 Å². The second kappa shape index (κ2) is 2.74. The smallest absolute Gasteiger partial charge is 0.0571 e. The monoisotopic (exact) mass is 187 g/mol. The topological polar surface area (TPSA) is 15.8 Å². The van der Waals surface area contributed by atoms with Gasteiger partial charge in [-0.3, -0.25) is 0 Å². The minimum atomic E-state index is 1.35. The van der Waals surface area contributed by atoms with Crippen molar-refractivity contribution < 1.29 is 0 Å². The van der Waals surface area contributed by atoms with Crippen molar-refractivity contribution >= 4 is 41.6 Å². The summed E-state index contributed by atoms with van der Waals surface area (Å²) in [4.78, 5) is 0. The highest BCUT2D eigenvalue weighted by atomic mass is 32.9. The molecule has 0 radical (unpaired) electrons. The molecule has 0 saturated carbocycles. The number of fused-ring (bicyclic) bond motifs is 1. The lowest BCUT2D eigenvalue weighted by Gasteiger charge is -1.70. The highest BCUT2D eigenvalue weighted by Gasteiger charge is 1.88. The van der Waals surface area contributed by atoms with Gasteiger partial charge in [-0.1, -0.05) is 10.3 Å². The first kappa shape index (κ1) is 6.39. The predicted molar refractivity (Wildman–Crippen MR) is 49.6 cm³/mol. The Morgan fingerprint density at radius 1 is 1.20 bits per heavy atom. The minimum Gasteiger partial charge on any atom is -0.310 e. The van der Waals surface area contributed by atoms with E-state index in [1.165, 1.54) is 9.40 Å². The van der Waals surface area contributed by atoms with Crippen LogP contribution in [0.1, 0.15) is 0 Å². The summed E-state index contributed by atoms with van der Waals surface area (Å²) >= 11 is 1.78. The van der Waals surface area contributed by atoms with E-state index in [-0.39, 0.29) is 0 Å². The maximum Gasteiger partial charge on any atom is 0.0571 e. The standard InChI is InChI=1S/C6H5NS3/c1-3-7-10-9-6-2-4-8-5(1)6/h1-4,7H. The molecule has 0 saturated heterocycles. The van der Waals surface area contributed by atoms with Crippen LogP contribution < -0.4 is 0 Å². The molecule has 1 nitrogen and oxygen atoms in total. The number of hydrogen-bond donors (Lipinski definition) is 1. The number of aromatic nitrogens is 1. The highest BCUT2D eigenvalue weighted by Crippen LogP contribution is 2.23. The van der Waals surface area contributed by atoms with Crippen LogP contribution >= 0.6 is 32.2 Å². The summed E-state index contributed by atoms with van der Waals surface area (Å²) in [7, 11) is 3.42. The van der Waals surface area contributed by atoms with Crippen LogP contribution in [0.15, 0.2) is 23.7 Å². The van der Waals surface area contributed by atoms with Gasteiger partial charge in [-0.25, -0.2) is 0 Å². The van der Waals surface area contributed by atoms with Crippen LogP contribution in [0, 0.1) is 0 Å². The largest absolute Gasteiger partial charge is 0.310 e. The zero-order valence-corrected chi connectivity index (χ0v) is 7.48. The first-order chi connectivity index (χ1) is 4.97. The van der Waals surface area contributed by atoms with Gasteiger partial charge in [0.05, 0.1) is 4.70 Å². The van der Waals surface area contributed by atoms with Crippen LogP contribution in [0.4, 0.5) is 0 Å². The van der Waals surface area contributed by atoms with Crippen molar-refractivity contribution in [1.29, 1.82) is 0 Å². The van der Waals surface area contributed by atoms with Gasteiger partial charge in [-0.2, -0.15) is 0 Å². The van der Waals surface area contributed by atoms with Gasteiger partial charge in [0.2, 0.25) is 0 Å². The Labute approximate surface area is 69.8 Å². The lowest BCUT2D eigenvalue weighted by atomic mass is 10.5. The van der Waals surface area contributed by atoms with E-state index in [0.717, 1.165) is 0 Å². The Morgan fingerprint density at radius 3 is 3.20 bits per heavy atom. The number of aromatic amines is 1. The molecule has 2 aromatic rings. The van der Waals surface area contributed by atoms with Crippen molar-refractivity contribution in [3.8, 4) is 0 Å². The lowest BCUT2D eigenvalue weighted by molar-refractivity contribution is 1.57. The number of rotatable bonds is 0. The maximum absolute atomic E-state index is 3.09. The third kappa shape index (κ3) is 1.10. The van der Waals surface area contributed by atoms with E-state index in [2.05, 4.69) is 21.9 Å². The van der Waals surface area contributed by atoms with E-state index in [9.17, 15) is 0 Å². The fourth-order valence-electron chi connectivity index (χ4n) is 0.706. The van der Waals surface area contributed by atoms with Crippen LogP contribution in [0.2, 0.25) is 0 Å². The summed E-state index contributed by atoms with van der Waals surface area (Å²) in [5.41, 5.74) is 0. The molecule has 2 rings (SSSR count). The molecule has 0 atom stereocenters. The Balaban J connectivity index is 2.93. The van der Waals surface area contributed by atoms with Gasteiger partial charge in [-0.15, -0.1) is 11.3 Å². The normalized spacial score (nSPS) is 10.0. The van der Waals surface area contributed by atoms with E-state index < -0.39 is 0 Å². The number of H-pyrrole nitrogens is 1. The summed E-state index contributed by atoms with van der Waals surface area (Å²) in [6.07, 6.45) is 1.97. The molecule has 4 heteroatoms. The average Bonchev–Trinajstić information content (AvgIpc) is 2.28. The van der Waals surface area contributed by atoms with E-state index in [4.69, 9.17) is 0 Å². The molecule has 2 aromatic heterocycles. The van der Waals surface area contributed by atoms with Crippen molar-refractivity contribution in [2.45, 2.75) is 0 Å². The number of thiophene rings is 1. The zero-order valence-electron chi connectivity index (χ0n) is 5.03. The molecule has 0 aliphatic heterocycles. The second-order valence-corrected chi connectivity index (χ2v) is 4.72. The SMILES string of the molecule is c1cc2sccc2ss[nH]1. The maximum atomic E-state index is 3.09. The molecule has 0 aromatic carbocycles. The van der Waals surface area contributed by atoms with Gasteiger partial charge >= 0.3 is 0 Å². The lowest BCUT2D eigenvalue weighted by Crippen LogP contribution is -1.45. The molecule has 1 N–H and O–H groups in total. The molecule has 10 heavy (non-hydrogen) atoms. The van der Waals surface area contributed by atoms with Gasteiger partial charge in [0.25, 0.3) is 0 Å². The molecule has 0 fully saturated rings.